The maximum Gasteiger partial charge on any atom is 0.0230 e. The summed E-state index contributed by atoms with van der Waals surface area (Å²) in [4.78, 5) is 3.64. The molecule has 0 spiro atoms. The predicted molar refractivity (Wildman–Crippen MR) is 77.4 cm³/mol. The lowest BCUT2D eigenvalue weighted by Crippen LogP contribution is -2.36. The second-order valence-electron chi connectivity index (χ2n) is 5.32. The fourth-order valence-electron chi connectivity index (χ4n) is 1.60. The van der Waals surface area contributed by atoms with Crippen molar-refractivity contribution in [3.63, 3.8) is 0 Å². The van der Waals surface area contributed by atoms with Gasteiger partial charge in [0.25, 0.3) is 0 Å². The molecule has 17 heavy (non-hydrogen) atoms. The number of thioether (sulfide) groups is 1. The fraction of sp³-hybridized carbons (Fsp3) is 0.571. The van der Waals surface area contributed by atoms with Crippen molar-refractivity contribution in [2.24, 2.45) is 5.73 Å². The van der Waals surface area contributed by atoms with Crippen LogP contribution in [0.4, 0.5) is 0 Å². The lowest BCUT2D eigenvalue weighted by Gasteiger charge is -2.23. The molecule has 1 aromatic carbocycles. The second kappa shape index (κ2) is 6.43. The summed E-state index contributed by atoms with van der Waals surface area (Å²) >= 11 is 1.78. The van der Waals surface area contributed by atoms with E-state index < -0.39 is 0 Å². The Bertz CT molecular complexity index is 327. The van der Waals surface area contributed by atoms with Crippen molar-refractivity contribution >= 4 is 11.8 Å². The molecule has 0 aliphatic rings. The summed E-state index contributed by atoms with van der Waals surface area (Å²) in [7, 11) is 2.15. The van der Waals surface area contributed by atoms with Crippen molar-refractivity contribution < 1.29 is 0 Å². The van der Waals surface area contributed by atoms with Gasteiger partial charge in [-0.25, -0.2) is 0 Å². The lowest BCUT2D eigenvalue weighted by molar-refractivity contribution is 0.289. The van der Waals surface area contributed by atoms with Crippen molar-refractivity contribution in [1.29, 1.82) is 0 Å². The molecule has 0 saturated heterocycles. The van der Waals surface area contributed by atoms with Gasteiger partial charge in [0.1, 0.15) is 0 Å². The molecule has 0 bridgehead atoms. The maximum atomic E-state index is 5.99. The van der Waals surface area contributed by atoms with Gasteiger partial charge in [-0.3, -0.25) is 0 Å². The Hall–Kier alpha value is -0.510. The van der Waals surface area contributed by atoms with Crippen LogP contribution in [-0.2, 0) is 6.54 Å². The standard InChI is InChI=1S/C14H24N2S/c1-14(2,15)9-10-16(3)11-12-5-7-13(17-4)8-6-12/h5-8H,9-11,15H2,1-4H3. The summed E-state index contributed by atoms with van der Waals surface area (Å²) in [6, 6.07) is 8.77. The quantitative estimate of drug-likeness (QED) is 0.789. The minimum Gasteiger partial charge on any atom is -0.326 e. The zero-order chi connectivity index (χ0) is 12.9. The van der Waals surface area contributed by atoms with E-state index in [0.717, 1.165) is 19.5 Å². The van der Waals surface area contributed by atoms with E-state index in [2.05, 4.69) is 56.3 Å². The number of hydrogen-bond donors (Lipinski definition) is 1. The molecule has 0 amide bonds. The smallest absolute Gasteiger partial charge is 0.0230 e. The first kappa shape index (κ1) is 14.6. The van der Waals surface area contributed by atoms with Crippen LogP contribution in [0, 0.1) is 0 Å². The van der Waals surface area contributed by atoms with Crippen LogP contribution in [0.15, 0.2) is 29.2 Å². The van der Waals surface area contributed by atoms with E-state index in [9.17, 15) is 0 Å². The third kappa shape index (κ3) is 6.10. The van der Waals surface area contributed by atoms with Gasteiger partial charge in [0.15, 0.2) is 0 Å². The van der Waals surface area contributed by atoms with Crippen LogP contribution in [0.3, 0.4) is 0 Å². The molecule has 3 heteroatoms. The molecule has 0 aliphatic heterocycles. The van der Waals surface area contributed by atoms with Crippen molar-refractivity contribution in [1.82, 2.24) is 4.90 Å². The largest absolute Gasteiger partial charge is 0.326 e. The zero-order valence-corrected chi connectivity index (χ0v) is 12.2. The molecule has 96 valence electrons. The third-order valence-electron chi connectivity index (χ3n) is 2.75. The molecule has 0 unspecified atom stereocenters. The second-order valence-corrected chi connectivity index (χ2v) is 6.20. The average Bonchev–Trinajstić information content (AvgIpc) is 2.27. The maximum absolute atomic E-state index is 5.99. The van der Waals surface area contributed by atoms with Crippen LogP contribution in [0.2, 0.25) is 0 Å². The highest BCUT2D eigenvalue weighted by Crippen LogP contribution is 2.16. The van der Waals surface area contributed by atoms with Crippen molar-refractivity contribution in [3.8, 4) is 0 Å². The predicted octanol–water partition coefficient (Wildman–Crippen LogP) is 2.97. The Balaban J connectivity index is 2.42. The van der Waals surface area contributed by atoms with Gasteiger partial charge in [-0.15, -0.1) is 11.8 Å². The van der Waals surface area contributed by atoms with Crippen LogP contribution in [0.25, 0.3) is 0 Å². The van der Waals surface area contributed by atoms with E-state index in [1.54, 1.807) is 11.8 Å². The highest BCUT2D eigenvalue weighted by molar-refractivity contribution is 7.98. The first-order chi connectivity index (χ1) is 7.90. The molecule has 0 atom stereocenters. The Labute approximate surface area is 110 Å². The van der Waals surface area contributed by atoms with E-state index in [4.69, 9.17) is 5.73 Å². The number of rotatable bonds is 6. The Kier molecular flexibility index (Phi) is 5.50. The van der Waals surface area contributed by atoms with Gasteiger partial charge < -0.3 is 10.6 Å². The summed E-state index contributed by atoms with van der Waals surface area (Å²) in [5, 5.41) is 0. The SMILES string of the molecule is CSc1ccc(CN(C)CCC(C)(C)N)cc1. The molecule has 0 saturated carbocycles. The summed E-state index contributed by atoms with van der Waals surface area (Å²) in [6.07, 6.45) is 3.12. The monoisotopic (exact) mass is 252 g/mol. The van der Waals surface area contributed by atoms with Gasteiger partial charge in [-0.05, 0) is 57.8 Å². The van der Waals surface area contributed by atoms with Crippen molar-refractivity contribution in [2.75, 3.05) is 19.8 Å². The Morgan fingerprint density at radius 1 is 1.24 bits per heavy atom. The third-order valence-corrected chi connectivity index (χ3v) is 3.49. The first-order valence-electron chi connectivity index (χ1n) is 6.01. The summed E-state index contributed by atoms with van der Waals surface area (Å²) in [5.74, 6) is 0. The number of nitrogens with zero attached hydrogens (tertiary/aromatic N) is 1. The molecule has 2 nitrogen and oxygen atoms in total. The van der Waals surface area contributed by atoms with Gasteiger partial charge in [-0.2, -0.15) is 0 Å². The van der Waals surface area contributed by atoms with E-state index >= 15 is 0 Å². The molecule has 0 aromatic heterocycles. The number of benzene rings is 1. The highest BCUT2D eigenvalue weighted by atomic mass is 32.2. The summed E-state index contributed by atoms with van der Waals surface area (Å²) in [5.41, 5.74) is 7.27. The van der Waals surface area contributed by atoms with Crippen LogP contribution in [0.1, 0.15) is 25.8 Å². The molecule has 0 fully saturated rings. The normalized spacial score (nSPS) is 12.1. The molecular weight excluding hydrogens is 228 g/mol. The molecule has 0 radical (unpaired) electrons. The van der Waals surface area contributed by atoms with Gasteiger partial charge in [0, 0.05) is 17.0 Å². The van der Waals surface area contributed by atoms with E-state index in [0.29, 0.717) is 0 Å². The Morgan fingerprint density at radius 3 is 2.29 bits per heavy atom. The summed E-state index contributed by atoms with van der Waals surface area (Å²) < 4.78 is 0. The number of nitrogens with two attached hydrogens (primary N) is 1. The molecular formula is C14H24N2S. The first-order valence-corrected chi connectivity index (χ1v) is 7.23. The topological polar surface area (TPSA) is 29.3 Å². The van der Waals surface area contributed by atoms with Gasteiger partial charge in [0.05, 0.1) is 0 Å². The summed E-state index contributed by atoms with van der Waals surface area (Å²) in [6.45, 7) is 6.18. The highest BCUT2D eigenvalue weighted by Gasteiger charge is 2.11. The molecule has 1 rings (SSSR count). The zero-order valence-electron chi connectivity index (χ0n) is 11.4. The van der Waals surface area contributed by atoms with E-state index in [-0.39, 0.29) is 5.54 Å². The van der Waals surface area contributed by atoms with E-state index in [1.807, 2.05) is 0 Å². The van der Waals surface area contributed by atoms with Crippen LogP contribution < -0.4 is 5.73 Å². The fourth-order valence-corrected chi connectivity index (χ4v) is 2.01. The molecule has 2 N–H and O–H groups in total. The molecule has 0 aliphatic carbocycles. The lowest BCUT2D eigenvalue weighted by atomic mass is 10.0. The van der Waals surface area contributed by atoms with Crippen molar-refractivity contribution in [3.05, 3.63) is 29.8 Å². The molecule has 0 heterocycles. The van der Waals surface area contributed by atoms with Crippen LogP contribution >= 0.6 is 11.8 Å². The van der Waals surface area contributed by atoms with Crippen molar-refractivity contribution in [2.45, 2.75) is 37.2 Å². The van der Waals surface area contributed by atoms with Crippen LogP contribution in [-0.4, -0.2) is 30.3 Å². The van der Waals surface area contributed by atoms with Gasteiger partial charge >= 0.3 is 0 Å². The van der Waals surface area contributed by atoms with Crippen LogP contribution in [0.5, 0.6) is 0 Å². The Morgan fingerprint density at radius 2 is 1.82 bits per heavy atom. The van der Waals surface area contributed by atoms with Gasteiger partial charge in [-0.1, -0.05) is 12.1 Å². The van der Waals surface area contributed by atoms with Gasteiger partial charge in [0.2, 0.25) is 0 Å². The minimum absolute atomic E-state index is 0.0725. The average molecular weight is 252 g/mol. The molecule has 1 aromatic rings. The minimum atomic E-state index is -0.0725. The number of hydrogen-bond acceptors (Lipinski definition) is 3. The van der Waals surface area contributed by atoms with E-state index in [1.165, 1.54) is 10.5 Å².